The predicted molar refractivity (Wildman–Crippen MR) is 43.5 cm³/mol. The summed E-state index contributed by atoms with van der Waals surface area (Å²) in [5.74, 6) is -0.976. The average Bonchev–Trinajstić information content (AvgIpc) is 1.74. The van der Waals surface area contributed by atoms with E-state index >= 15 is 0 Å². The van der Waals surface area contributed by atoms with Gasteiger partial charge in [-0.3, -0.25) is 9.63 Å². The number of carbonyl (C=O) groups is 1. The second-order valence-corrected chi connectivity index (χ2v) is 4.09. The monoisotopic (exact) mass is 173 g/mol. The largest absolute Gasteiger partial charge is 0.481 e. The Balaban J connectivity index is 2.22. The van der Waals surface area contributed by atoms with Crippen LogP contribution >= 0.6 is 0 Å². The maximum Gasteiger partial charge on any atom is 0.309 e. The quantitative estimate of drug-likeness (QED) is 0.669. The summed E-state index contributed by atoms with van der Waals surface area (Å²) in [5, 5.41) is 10.3. The van der Waals surface area contributed by atoms with Crippen molar-refractivity contribution >= 4 is 5.97 Å². The first-order chi connectivity index (χ1) is 5.38. The molecule has 0 aromatic rings. The van der Waals surface area contributed by atoms with Gasteiger partial charge in [0.25, 0.3) is 0 Å². The van der Waals surface area contributed by atoms with E-state index in [1.807, 2.05) is 20.8 Å². The van der Waals surface area contributed by atoms with E-state index in [2.05, 4.69) is 0 Å². The van der Waals surface area contributed by atoms with Crippen molar-refractivity contribution in [2.75, 3.05) is 13.1 Å². The molecule has 0 bridgehead atoms. The Labute approximate surface area is 72.1 Å². The molecule has 1 rings (SSSR count). The van der Waals surface area contributed by atoms with Crippen LogP contribution in [0.5, 0.6) is 0 Å². The second-order valence-electron chi connectivity index (χ2n) is 4.09. The fraction of sp³-hybridized carbons (Fsp3) is 0.875. The van der Waals surface area contributed by atoms with Crippen LogP contribution in [0.4, 0.5) is 0 Å². The minimum Gasteiger partial charge on any atom is -0.481 e. The van der Waals surface area contributed by atoms with E-state index in [0.717, 1.165) is 0 Å². The maximum atomic E-state index is 10.4. The zero-order valence-corrected chi connectivity index (χ0v) is 7.70. The summed E-state index contributed by atoms with van der Waals surface area (Å²) >= 11 is 0. The van der Waals surface area contributed by atoms with Gasteiger partial charge < -0.3 is 5.11 Å². The van der Waals surface area contributed by atoms with Gasteiger partial charge in [-0.1, -0.05) is 0 Å². The van der Waals surface area contributed by atoms with Gasteiger partial charge in [0.15, 0.2) is 0 Å². The highest BCUT2D eigenvalue weighted by molar-refractivity contribution is 5.71. The van der Waals surface area contributed by atoms with E-state index in [-0.39, 0.29) is 11.5 Å². The maximum absolute atomic E-state index is 10.4. The highest BCUT2D eigenvalue weighted by Gasteiger charge is 2.35. The molecule has 0 amide bonds. The molecule has 1 heterocycles. The third kappa shape index (κ3) is 2.46. The first kappa shape index (κ1) is 9.48. The SMILES string of the molecule is CC(C)(C)ON1CC(C(=O)O)C1. The number of carboxylic acids is 1. The highest BCUT2D eigenvalue weighted by atomic mass is 16.7. The summed E-state index contributed by atoms with van der Waals surface area (Å²) in [6, 6.07) is 0. The minimum atomic E-state index is -0.733. The number of hydrogen-bond acceptors (Lipinski definition) is 3. The van der Waals surface area contributed by atoms with Gasteiger partial charge in [-0.2, -0.15) is 5.06 Å². The summed E-state index contributed by atoms with van der Waals surface area (Å²) in [6.07, 6.45) is 0. The molecule has 70 valence electrons. The lowest BCUT2D eigenvalue weighted by Gasteiger charge is -2.39. The van der Waals surface area contributed by atoms with Gasteiger partial charge in [0.05, 0.1) is 11.5 Å². The van der Waals surface area contributed by atoms with Crippen LogP contribution in [0.2, 0.25) is 0 Å². The van der Waals surface area contributed by atoms with Crippen LogP contribution in [0.15, 0.2) is 0 Å². The van der Waals surface area contributed by atoms with Crippen molar-refractivity contribution in [3.63, 3.8) is 0 Å². The molecule has 1 saturated heterocycles. The Bertz CT molecular complexity index is 179. The van der Waals surface area contributed by atoms with Crippen molar-refractivity contribution in [3.8, 4) is 0 Å². The summed E-state index contributed by atoms with van der Waals surface area (Å²) in [6.45, 7) is 6.85. The van der Waals surface area contributed by atoms with E-state index in [9.17, 15) is 4.79 Å². The first-order valence-electron chi connectivity index (χ1n) is 4.05. The number of rotatable bonds is 2. The topological polar surface area (TPSA) is 49.8 Å². The molecule has 1 fully saturated rings. The third-order valence-electron chi connectivity index (χ3n) is 1.60. The predicted octanol–water partition coefficient (Wildman–Crippen LogP) is 0.733. The minimum absolute atomic E-state index is 0.219. The van der Waals surface area contributed by atoms with E-state index in [1.54, 1.807) is 5.06 Å². The fourth-order valence-corrected chi connectivity index (χ4v) is 1.06. The van der Waals surface area contributed by atoms with Gasteiger partial charge in [0.2, 0.25) is 0 Å². The molecule has 0 saturated carbocycles. The Morgan fingerprint density at radius 3 is 2.33 bits per heavy atom. The number of hydroxylamine groups is 2. The third-order valence-corrected chi connectivity index (χ3v) is 1.60. The fourth-order valence-electron chi connectivity index (χ4n) is 1.06. The van der Waals surface area contributed by atoms with Crippen molar-refractivity contribution in [1.29, 1.82) is 0 Å². The number of hydrogen-bond donors (Lipinski definition) is 1. The zero-order valence-electron chi connectivity index (χ0n) is 7.70. The lowest BCUT2D eigenvalue weighted by Crippen LogP contribution is -2.52. The molecule has 12 heavy (non-hydrogen) atoms. The number of aliphatic carboxylic acids is 1. The molecule has 1 N–H and O–H groups in total. The van der Waals surface area contributed by atoms with Crippen molar-refractivity contribution in [1.82, 2.24) is 5.06 Å². The summed E-state index contributed by atoms with van der Waals surface area (Å²) < 4.78 is 0. The average molecular weight is 173 g/mol. The molecule has 0 aromatic carbocycles. The zero-order chi connectivity index (χ0) is 9.35. The van der Waals surface area contributed by atoms with Crippen LogP contribution < -0.4 is 0 Å². The molecular weight excluding hydrogens is 158 g/mol. The second kappa shape index (κ2) is 3.03. The Morgan fingerprint density at radius 2 is 2.00 bits per heavy atom. The summed E-state index contributed by atoms with van der Waals surface area (Å²) in [4.78, 5) is 15.8. The molecule has 0 aliphatic carbocycles. The Kier molecular flexibility index (Phi) is 2.39. The molecule has 4 nitrogen and oxygen atoms in total. The lowest BCUT2D eigenvalue weighted by molar-refractivity contribution is -0.274. The van der Waals surface area contributed by atoms with Crippen LogP contribution in [0.1, 0.15) is 20.8 Å². The smallest absolute Gasteiger partial charge is 0.309 e. The van der Waals surface area contributed by atoms with Crippen molar-refractivity contribution < 1.29 is 14.7 Å². The van der Waals surface area contributed by atoms with Gasteiger partial charge >= 0.3 is 5.97 Å². The van der Waals surface area contributed by atoms with Gasteiger partial charge in [-0.25, -0.2) is 0 Å². The Hall–Kier alpha value is -0.610. The molecular formula is C8H15NO3. The molecule has 0 atom stereocenters. The van der Waals surface area contributed by atoms with Gasteiger partial charge in [-0.05, 0) is 20.8 Å². The Morgan fingerprint density at radius 1 is 1.50 bits per heavy atom. The normalized spacial score (nSPS) is 20.6. The van der Waals surface area contributed by atoms with Crippen molar-refractivity contribution in [2.24, 2.45) is 5.92 Å². The summed E-state index contributed by atoms with van der Waals surface area (Å²) in [7, 11) is 0. The molecule has 0 radical (unpaired) electrons. The molecule has 0 aromatic heterocycles. The van der Waals surface area contributed by atoms with E-state index in [4.69, 9.17) is 9.94 Å². The molecule has 0 unspecified atom stereocenters. The van der Waals surface area contributed by atoms with E-state index in [0.29, 0.717) is 13.1 Å². The van der Waals surface area contributed by atoms with E-state index in [1.165, 1.54) is 0 Å². The van der Waals surface area contributed by atoms with Gasteiger partial charge in [-0.15, -0.1) is 0 Å². The van der Waals surface area contributed by atoms with Crippen molar-refractivity contribution in [2.45, 2.75) is 26.4 Å². The number of carboxylic acid groups (broad SMARTS) is 1. The van der Waals surface area contributed by atoms with Crippen LogP contribution in [0.3, 0.4) is 0 Å². The molecule has 1 aliphatic rings. The number of nitrogens with zero attached hydrogens (tertiary/aromatic N) is 1. The molecule has 1 aliphatic heterocycles. The standard InChI is InChI=1S/C8H15NO3/c1-8(2,3)12-9-4-6(5-9)7(10)11/h6H,4-5H2,1-3H3,(H,10,11). The molecule has 0 spiro atoms. The van der Waals surface area contributed by atoms with Crippen LogP contribution in [-0.4, -0.2) is 34.8 Å². The van der Waals surface area contributed by atoms with E-state index < -0.39 is 5.97 Å². The summed E-state index contributed by atoms with van der Waals surface area (Å²) in [5.41, 5.74) is -0.219. The molecule has 4 heteroatoms. The van der Waals surface area contributed by atoms with Gasteiger partial charge in [0.1, 0.15) is 0 Å². The van der Waals surface area contributed by atoms with Crippen molar-refractivity contribution in [3.05, 3.63) is 0 Å². The van der Waals surface area contributed by atoms with Gasteiger partial charge in [0, 0.05) is 13.1 Å². The first-order valence-corrected chi connectivity index (χ1v) is 4.05. The van der Waals surface area contributed by atoms with Crippen LogP contribution in [0.25, 0.3) is 0 Å². The van der Waals surface area contributed by atoms with Crippen LogP contribution in [-0.2, 0) is 9.63 Å². The van der Waals surface area contributed by atoms with Crippen LogP contribution in [0, 0.1) is 5.92 Å². The lowest BCUT2D eigenvalue weighted by atomic mass is 10.0. The highest BCUT2D eigenvalue weighted by Crippen LogP contribution is 2.20.